The first kappa shape index (κ1) is 14.7. The Morgan fingerprint density at radius 3 is 2.55 bits per heavy atom. The normalized spacial score (nSPS) is 17.0. The van der Waals surface area contributed by atoms with E-state index in [1.165, 1.54) is 6.92 Å². The summed E-state index contributed by atoms with van der Waals surface area (Å²) in [6.07, 6.45) is 4.02. The number of hydrogen-bond acceptors (Lipinski definition) is 2. The summed E-state index contributed by atoms with van der Waals surface area (Å²) in [6.45, 7) is 1.52. The van der Waals surface area contributed by atoms with Crippen molar-refractivity contribution in [2.45, 2.75) is 44.7 Å². The van der Waals surface area contributed by atoms with Crippen LogP contribution in [0.1, 0.15) is 32.6 Å². The number of carbonyl (C=O) groups excluding carboxylic acids is 1. The molecule has 2 N–H and O–H groups in total. The van der Waals surface area contributed by atoms with Gasteiger partial charge in [0.1, 0.15) is 11.9 Å². The van der Waals surface area contributed by atoms with Crippen LogP contribution in [0.3, 0.4) is 0 Å². The molecule has 1 amide bonds. The van der Waals surface area contributed by atoms with Crippen LogP contribution in [0.4, 0.5) is 18.9 Å². The van der Waals surface area contributed by atoms with Gasteiger partial charge in [-0.3, -0.25) is 4.79 Å². The van der Waals surface area contributed by atoms with Crippen LogP contribution >= 0.6 is 0 Å². The molecule has 0 radical (unpaired) electrons. The fourth-order valence-corrected chi connectivity index (χ4v) is 2.36. The van der Waals surface area contributed by atoms with Crippen LogP contribution in [0.15, 0.2) is 12.1 Å². The molecule has 1 aliphatic carbocycles. The number of anilines is 1. The molecule has 0 aliphatic heterocycles. The number of halogens is 3. The summed E-state index contributed by atoms with van der Waals surface area (Å²) in [6, 6.07) is 0.661. The Hall–Kier alpha value is -1.72. The van der Waals surface area contributed by atoms with Crippen molar-refractivity contribution in [1.82, 2.24) is 5.32 Å². The molecule has 110 valence electrons. The standard InChI is InChI=1S/C14H17F3N2O/c1-8(14(20)19-10-4-2-3-5-10)18-12-7-9(15)6-11(16)13(12)17/h6-8,10,18H,2-5H2,1H3,(H,19,20). The van der Waals surface area contributed by atoms with E-state index in [0.29, 0.717) is 6.07 Å². The van der Waals surface area contributed by atoms with Crippen LogP contribution in [0.25, 0.3) is 0 Å². The summed E-state index contributed by atoms with van der Waals surface area (Å²) < 4.78 is 39.6. The summed E-state index contributed by atoms with van der Waals surface area (Å²) in [4.78, 5) is 11.9. The molecule has 6 heteroatoms. The zero-order valence-corrected chi connectivity index (χ0v) is 11.2. The average Bonchev–Trinajstić information content (AvgIpc) is 2.88. The lowest BCUT2D eigenvalue weighted by molar-refractivity contribution is -0.122. The maximum Gasteiger partial charge on any atom is 0.242 e. The number of amides is 1. The molecule has 1 saturated carbocycles. The third-order valence-corrected chi connectivity index (χ3v) is 3.46. The van der Waals surface area contributed by atoms with Gasteiger partial charge in [0.05, 0.1) is 5.69 Å². The lowest BCUT2D eigenvalue weighted by Gasteiger charge is -2.19. The van der Waals surface area contributed by atoms with E-state index in [1.54, 1.807) is 0 Å². The van der Waals surface area contributed by atoms with Gasteiger partial charge in [-0.05, 0) is 19.8 Å². The molecule has 1 aromatic rings. The third-order valence-electron chi connectivity index (χ3n) is 3.46. The smallest absolute Gasteiger partial charge is 0.242 e. The molecule has 0 aromatic heterocycles. The highest BCUT2D eigenvalue weighted by atomic mass is 19.2. The third kappa shape index (κ3) is 3.43. The minimum Gasteiger partial charge on any atom is -0.371 e. The van der Waals surface area contributed by atoms with E-state index in [-0.39, 0.29) is 17.6 Å². The van der Waals surface area contributed by atoms with Gasteiger partial charge in [0.15, 0.2) is 11.6 Å². The quantitative estimate of drug-likeness (QED) is 0.836. The number of rotatable bonds is 4. The van der Waals surface area contributed by atoms with Gasteiger partial charge < -0.3 is 10.6 Å². The Kier molecular flexibility index (Phi) is 4.52. The Morgan fingerprint density at radius 1 is 1.25 bits per heavy atom. The van der Waals surface area contributed by atoms with E-state index in [9.17, 15) is 18.0 Å². The number of hydrogen-bond donors (Lipinski definition) is 2. The van der Waals surface area contributed by atoms with E-state index in [2.05, 4.69) is 10.6 Å². The SMILES string of the molecule is CC(Nc1cc(F)cc(F)c1F)C(=O)NC1CCCC1. The fourth-order valence-electron chi connectivity index (χ4n) is 2.36. The van der Waals surface area contributed by atoms with Crippen LogP contribution < -0.4 is 10.6 Å². The van der Waals surface area contributed by atoms with Crippen molar-refractivity contribution in [3.8, 4) is 0 Å². The fraction of sp³-hybridized carbons (Fsp3) is 0.500. The zero-order valence-electron chi connectivity index (χ0n) is 11.2. The van der Waals surface area contributed by atoms with E-state index in [4.69, 9.17) is 0 Å². The molecule has 1 fully saturated rings. The predicted molar refractivity (Wildman–Crippen MR) is 69.8 cm³/mol. The minimum atomic E-state index is -1.28. The van der Waals surface area contributed by atoms with Crippen molar-refractivity contribution in [1.29, 1.82) is 0 Å². The van der Waals surface area contributed by atoms with Gasteiger partial charge in [0, 0.05) is 18.2 Å². The van der Waals surface area contributed by atoms with Crippen molar-refractivity contribution in [3.63, 3.8) is 0 Å². The second-order valence-corrected chi connectivity index (χ2v) is 5.11. The first-order valence-electron chi connectivity index (χ1n) is 6.69. The number of carbonyl (C=O) groups is 1. The molecule has 0 spiro atoms. The minimum absolute atomic E-state index is 0.140. The van der Waals surface area contributed by atoms with Gasteiger partial charge >= 0.3 is 0 Å². The first-order valence-corrected chi connectivity index (χ1v) is 6.69. The lowest BCUT2D eigenvalue weighted by Crippen LogP contribution is -2.42. The largest absolute Gasteiger partial charge is 0.371 e. The number of nitrogens with one attached hydrogen (secondary N) is 2. The van der Waals surface area contributed by atoms with Crippen molar-refractivity contribution < 1.29 is 18.0 Å². The maximum atomic E-state index is 13.5. The molecule has 0 saturated heterocycles. The summed E-state index contributed by atoms with van der Waals surface area (Å²) in [7, 11) is 0. The summed E-state index contributed by atoms with van der Waals surface area (Å²) in [5.41, 5.74) is -0.350. The van der Waals surface area contributed by atoms with Crippen molar-refractivity contribution >= 4 is 11.6 Å². The Balaban J connectivity index is 1.99. The van der Waals surface area contributed by atoms with Crippen LogP contribution in [0.2, 0.25) is 0 Å². The van der Waals surface area contributed by atoms with Gasteiger partial charge in [-0.1, -0.05) is 12.8 Å². The van der Waals surface area contributed by atoms with Gasteiger partial charge in [-0.15, -0.1) is 0 Å². The first-order chi connectivity index (χ1) is 9.47. The van der Waals surface area contributed by atoms with Gasteiger partial charge in [0.2, 0.25) is 5.91 Å². The Labute approximate surface area is 115 Å². The Bertz CT molecular complexity index is 501. The van der Waals surface area contributed by atoms with E-state index < -0.39 is 23.5 Å². The van der Waals surface area contributed by atoms with Gasteiger partial charge in [-0.2, -0.15) is 0 Å². The molecule has 20 heavy (non-hydrogen) atoms. The molecule has 1 unspecified atom stereocenters. The summed E-state index contributed by atoms with van der Waals surface area (Å²) in [5.74, 6) is -3.67. The topological polar surface area (TPSA) is 41.1 Å². The molecule has 0 bridgehead atoms. The van der Waals surface area contributed by atoms with Crippen LogP contribution in [0, 0.1) is 17.5 Å². The molecule has 0 heterocycles. The average molecular weight is 286 g/mol. The molecule has 3 nitrogen and oxygen atoms in total. The van der Waals surface area contributed by atoms with Gasteiger partial charge in [0.25, 0.3) is 0 Å². The molecule has 1 aliphatic rings. The highest BCUT2D eigenvalue weighted by Gasteiger charge is 2.22. The zero-order chi connectivity index (χ0) is 14.7. The maximum absolute atomic E-state index is 13.5. The van der Waals surface area contributed by atoms with Crippen molar-refractivity contribution in [2.24, 2.45) is 0 Å². The molecule has 2 rings (SSSR count). The lowest BCUT2D eigenvalue weighted by atomic mass is 10.2. The number of benzene rings is 1. The highest BCUT2D eigenvalue weighted by molar-refractivity contribution is 5.84. The molecular formula is C14H17F3N2O. The van der Waals surface area contributed by atoms with E-state index >= 15 is 0 Å². The van der Waals surface area contributed by atoms with Crippen LogP contribution in [-0.2, 0) is 4.79 Å². The van der Waals surface area contributed by atoms with Crippen molar-refractivity contribution in [2.75, 3.05) is 5.32 Å². The summed E-state index contributed by atoms with van der Waals surface area (Å²) >= 11 is 0. The second kappa shape index (κ2) is 6.15. The van der Waals surface area contributed by atoms with Gasteiger partial charge in [-0.25, -0.2) is 13.2 Å². The highest BCUT2D eigenvalue weighted by Crippen LogP contribution is 2.21. The summed E-state index contributed by atoms with van der Waals surface area (Å²) in [5, 5.41) is 5.33. The molecule has 1 atom stereocenters. The van der Waals surface area contributed by atoms with Crippen LogP contribution in [0.5, 0.6) is 0 Å². The van der Waals surface area contributed by atoms with Crippen molar-refractivity contribution in [3.05, 3.63) is 29.6 Å². The van der Waals surface area contributed by atoms with E-state index in [0.717, 1.165) is 31.7 Å². The Morgan fingerprint density at radius 2 is 1.90 bits per heavy atom. The van der Waals surface area contributed by atoms with E-state index in [1.807, 2.05) is 0 Å². The molecular weight excluding hydrogens is 269 g/mol. The predicted octanol–water partition coefficient (Wildman–Crippen LogP) is 2.96. The molecule has 1 aromatic carbocycles. The monoisotopic (exact) mass is 286 g/mol. The van der Waals surface area contributed by atoms with Crippen LogP contribution in [-0.4, -0.2) is 18.0 Å². The second-order valence-electron chi connectivity index (χ2n) is 5.11.